The van der Waals surface area contributed by atoms with Crippen LogP contribution in [0.1, 0.15) is 30.9 Å². The minimum atomic E-state index is -0.349. The summed E-state index contributed by atoms with van der Waals surface area (Å²) in [6, 6.07) is 15.5. The second-order valence-corrected chi connectivity index (χ2v) is 7.57. The Kier molecular flexibility index (Phi) is 5.34. The number of anilines is 2. The summed E-state index contributed by atoms with van der Waals surface area (Å²) in [5, 5.41) is 2.94. The number of carbonyl (C=O) groups excluding carboxylic acids is 3. The van der Waals surface area contributed by atoms with Gasteiger partial charge in [-0.25, -0.2) is 0 Å². The second-order valence-electron chi connectivity index (χ2n) is 7.57. The third-order valence-electron chi connectivity index (χ3n) is 5.68. The summed E-state index contributed by atoms with van der Waals surface area (Å²) in [4.78, 5) is 40.7. The van der Waals surface area contributed by atoms with Crippen LogP contribution in [-0.2, 0) is 27.3 Å². The average molecular weight is 391 g/mol. The van der Waals surface area contributed by atoms with Gasteiger partial charge in [-0.1, -0.05) is 37.3 Å². The van der Waals surface area contributed by atoms with Crippen LogP contribution in [-0.4, -0.2) is 30.8 Å². The smallest absolute Gasteiger partial charge is 0.227 e. The van der Waals surface area contributed by atoms with Crippen LogP contribution >= 0.6 is 0 Å². The van der Waals surface area contributed by atoms with E-state index in [1.54, 1.807) is 4.90 Å². The van der Waals surface area contributed by atoms with Gasteiger partial charge in [-0.05, 0) is 35.7 Å². The Morgan fingerprint density at radius 2 is 1.93 bits per heavy atom. The summed E-state index contributed by atoms with van der Waals surface area (Å²) >= 11 is 0. The third-order valence-corrected chi connectivity index (χ3v) is 5.68. The Balaban J connectivity index is 1.42. The maximum absolute atomic E-state index is 12.6. The van der Waals surface area contributed by atoms with Crippen LogP contribution in [0.4, 0.5) is 11.4 Å². The molecular formula is C23H25N3O3. The van der Waals surface area contributed by atoms with Gasteiger partial charge in [-0.3, -0.25) is 14.4 Å². The number of carbonyl (C=O) groups is 3. The lowest BCUT2D eigenvalue weighted by Crippen LogP contribution is -2.32. The lowest BCUT2D eigenvalue weighted by molar-refractivity contribution is -0.126. The van der Waals surface area contributed by atoms with E-state index in [9.17, 15) is 14.4 Å². The fourth-order valence-corrected chi connectivity index (χ4v) is 4.07. The number of amides is 3. The van der Waals surface area contributed by atoms with E-state index in [0.29, 0.717) is 26.1 Å². The molecule has 3 amide bonds. The normalized spacial score (nSPS) is 18.1. The molecule has 0 saturated carbocycles. The van der Waals surface area contributed by atoms with Crippen molar-refractivity contribution in [1.82, 2.24) is 5.32 Å². The van der Waals surface area contributed by atoms with Gasteiger partial charge in [0.1, 0.15) is 0 Å². The maximum Gasteiger partial charge on any atom is 0.227 e. The van der Waals surface area contributed by atoms with Gasteiger partial charge in [0.2, 0.25) is 17.7 Å². The molecule has 0 radical (unpaired) electrons. The zero-order valence-electron chi connectivity index (χ0n) is 16.6. The Hall–Kier alpha value is -3.15. The molecular weight excluding hydrogens is 366 g/mol. The van der Waals surface area contributed by atoms with Gasteiger partial charge in [-0.15, -0.1) is 0 Å². The van der Waals surface area contributed by atoms with Crippen LogP contribution in [0.3, 0.4) is 0 Å². The molecule has 0 aliphatic carbocycles. The van der Waals surface area contributed by atoms with E-state index >= 15 is 0 Å². The van der Waals surface area contributed by atoms with E-state index in [-0.39, 0.29) is 30.1 Å². The van der Waals surface area contributed by atoms with Gasteiger partial charge >= 0.3 is 0 Å². The molecule has 2 aromatic rings. The van der Waals surface area contributed by atoms with Gasteiger partial charge in [-0.2, -0.15) is 0 Å². The SMILES string of the molecule is CCC(=O)N1CCc2cc(N3C[C@@H](C(=O)NCc4ccccc4)CC3=O)ccc21. The number of hydrogen-bond acceptors (Lipinski definition) is 3. The minimum Gasteiger partial charge on any atom is -0.352 e. The van der Waals surface area contributed by atoms with Crippen molar-refractivity contribution >= 4 is 29.1 Å². The van der Waals surface area contributed by atoms with E-state index in [2.05, 4.69) is 5.32 Å². The molecule has 1 atom stereocenters. The molecule has 1 N–H and O–H groups in total. The average Bonchev–Trinajstić information content (AvgIpc) is 3.35. The number of nitrogens with zero attached hydrogens (tertiary/aromatic N) is 2. The fourth-order valence-electron chi connectivity index (χ4n) is 4.07. The second kappa shape index (κ2) is 8.07. The van der Waals surface area contributed by atoms with Gasteiger partial charge in [0, 0.05) is 43.9 Å². The highest BCUT2D eigenvalue weighted by Crippen LogP contribution is 2.34. The van der Waals surface area contributed by atoms with Crippen molar-refractivity contribution in [3.8, 4) is 0 Å². The van der Waals surface area contributed by atoms with Gasteiger partial charge in [0.05, 0.1) is 5.92 Å². The predicted octanol–water partition coefficient (Wildman–Crippen LogP) is 2.66. The highest BCUT2D eigenvalue weighted by atomic mass is 16.2. The lowest BCUT2D eigenvalue weighted by atomic mass is 10.1. The Morgan fingerprint density at radius 1 is 1.14 bits per heavy atom. The zero-order chi connectivity index (χ0) is 20.4. The summed E-state index contributed by atoms with van der Waals surface area (Å²) in [6.07, 6.45) is 1.49. The van der Waals surface area contributed by atoms with Crippen molar-refractivity contribution in [1.29, 1.82) is 0 Å². The van der Waals surface area contributed by atoms with Crippen LogP contribution in [0.2, 0.25) is 0 Å². The molecule has 1 saturated heterocycles. The standard InChI is InChI=1S/C23H25N3O3/c1-2-21(27)25-11-10-17-12-19(8-9-20(17)25)26-15-18(13-22(26)28)23(29)24-14-16-6-4-3-5-7-16/h3-9,12,18H,2,10-11,13-15H2,1H3,(H,24,29)/t18-/m0/s1. The molecule has 2 aliphatic rings. The molecule has 0 aromatic heterocycles. The molecule has 2 aliphatic heterocycles. The molecule has 150 valence electrons. The van der Waals surface area contributed by atoms with Crippen molar-refractivity contribution in [2.24, 2.45) is 5.92 Å². The minimum absolute atomic E-state index is 0.0377. The molecule has 6 nitrogen and oxygen atoms in total. The van der Waals surface area contributed by atoms with Gasteiger partial charge < -0.3 is 15.1 Å². The first kappa shape index (κ1) is 19.2. The van der Waals surface area contributed by atoms with E-state index in [1.807, 2.05) is 60.4 Å². The van der Waals surface area contributed by atoms with E-state index in [1.165, 1.54) is 0 Å². The molecule has 2 aromatic carbocycles. The molecule has 4 rings (SSSR count). The number of fused-ring (bicyclic) bond motifs is 1. The summed E-state index contributed by atoms with van der Waals surface area (Å²) in [7, 11) is 0. The third kappa shape index (κ3) is 3.88. The van der Waals surface area contributed by atoms with Crippen LogP contribution in [0.5, 0.6) is 0 Å². The molecule has 29 heavy (non-hydrogen) atoms. The van der Waals surface area contributed by atoms with Crippen LogP contribution < -0.4 is 15.1 Å². The van der Waals surface area contributed by atoms with E-state index in [4.69, 9.17) is 0 Å². The van der Waals surface area contributed by atoms with Crippen LogP contribution in [0.15, 0.2) is 48.5 Å². The van der Waals surface area contributed by atoms with E-state index < -0.39 is 0 Å². The van der Waals surface area contributed by atoms with Crippen molar-refractivity contribution in [3.63, 3.8) is 0 Å². The topological polar surface area (TPSA) is 69.7 Å². The Morgan fingerprint density at radius 3 is 2.69 bits per heavy atom. The quantitative estimate of drug-likeness (QED) is 0.852. The van der Waals surface area contributed by atoms with Crippen molar-refractivity contribution < 1.29 is 14.4 Å². The highest BCUT2D eigenvalue weighted by Gasteiger charge is 2.35. The highest BCUT2D eigenvalue weighted by molar-refractivity contribution is 6.01. The number of nitrogens with one attached hydrogen (secondary N) is 1. The molecule has 0 unspecified atom stereocenters. The Bertz CT molecular complexity index is 942. The van der Waals surface area contributed by atoms with Gasteiger partial charge in [0.25, 0.3) is 0 Å². The van der Waals surface area contributed by atoms with Gasteiger partial charge in [0.15, 0.2) is 0 Å². The molecule has 0 spiro atoms. The molecule has 0 bridgehead atoms. The zero-order valence-corrected chi connectivity index (χ0v) is 16.6. The van der Waals surface area contributed by atoms with Crippen molar-refractivity contribution in [3.05, 3.63) is 59.7 Å². The fraction of sp³-hybridized carbons (Fsp3) is 0.348. The lowest BCUT2D eigenvalue weighted by Gasteiger charge is -2.20. The first-order valence-electron chi connectivity index (χ1n) is 10.1. The number of hydrogen-bond donors (Lipinski definition) is 1. The largest absolute Gasteiger partial charge is 0.352 e. The number of benzene rings is 2. The summed E-state index contributed by atoms with van der Waals surface area (Å²) < 4.78 is 0. The predicted molar refractivity (Wildman–Crippen MR) is 112 cm³/mol. The number of rotatable bonds is 5. The maximum atomic E-state index is 12.6. The first-order chi connectivity index (χ1) is 14.1. The van der Waals surface area contributed by atoms with Crippen molar-refractivity contribution in [2.45, 2.75) is 32.7 Å². The molecule has 6 heteroatoms. The Labute approximate surface area is 170 Å². The van der Waals surface area contributed by atoms with Crippen LogP contribution in [0, 0.1) is 5.92 Å². The summed E-state index contributed by atoms with van der Waals surface area (Å²) in [6.45, 7) is 3.39. The van der Waals surface area contributed by atoms with Crippen LogP contribution in [0.25, 0.3) is 0 Å². The van der Waals surface area contributed by atoms with E-state index in [0.717, 1.165) is 28.9 Å². The summed E-state index contributed by atoms with van der Waals surface area (Å²) in [5.74, 6) is -0.364. The monoisotopic (exact) mass is 391 g/mol. The first-order valence-corrected chi connectivity index (χ1v) is 10.1. The molecule has 1 fully saturated rings. The summed E-state index contributed by atoms with van der Waals surface area (Å²) in [5.41, 5.74) is 3.85. The molecule has 2 heterocycles. The van der Waals surface area contributed by atoms with Crippen molar-refractivity contribution in [2.75, 3.05) is 22.9 Å².